The summed E-state index contributed by atoms with van der Waals surface area (Å²) in [5, 5.41) is 141. The first-order valence-electron chi connectivity index (χ1n) is 18.9. The van der Waals surface area contributed by atoms with Gasteiger partial charge < -0.3 is 128 Å². The van der Waals surface area contributed by atoms with E-state index in [1.165, 1.54) is 0 Å². The van der Waals surface area contributed by atoms with Crippen LogP contribution < -0.4 is 19.2 Å². The Labute approximate surface area is 338 Å². The van der Waals surface area contributed by atoms with Crippen LogP contribution in [0.5, 0.6) is 0 Å². The van der Waals surface area contributed by atoms with E-state index < -0.39 is 9.05 Å². The van der Waals surface area contributed by atoms with Gasteiger partial charge in [-0.1, -0.05) is 0 Å². The Kier molecular flexibility index (Phi) is 49.7. The standard InChI is InChI=1S/4C8H20NO4.O4Si/c4*10-5-1-9(2-6-11,3-7-12)4-8-13;1-5(2,3)4/h4*10-13H,1-8H2;/q4*+1;-4. The second-order valence-corrected chi connectivity index (χ2v) is 14.0. The lowest BCUT2D eigenvalue weighted by Gasteiger charge is -2.67. The number of aliphatic hydroxyl groups is 16. The largest absolute Gasteiger partial charge is 0.894 e. The van der Waals surface area contributed by atoms with Gasteiger partial charge in [0.05, 0.1) is 106 Å². The maximum Gasteiger partial charge on any atom is 0.102 e. The maximum atomic E-state index is 8.82. The summed E-state index contributed by atoms with van der Waals surface area (Å²) in [4.78, 5) is 34.3. The molecule has 57 heavy (non-hydrogen) atoms. The topological polar surface area (TPSA) is 416 Å². The van der Waals surface area contributed by atoms with Gasteiger partial charge in [0.2, 0.25) is 0 Å². The minimum Gasteiger partial charge on any atom is -0.894 e. The van der Waals surface area contributed by atoms with Gasteiger partial charge in [0.15, 0.2) is 0 Å². The van der Waals surface area contributed by atoms with Crippen molar-refractivity contribution >= 4 is 9.05 Å². The molecule has 25 heteroatoms. The summed E-state index contributed by atoms with van der Waals surface area (Å²) >= 11 is 0. The zero-order chi connectivity index (χ0) is 45.1. The van der Waals surface area contributed by atoms with Gasteiger partial charge in [-0.2, -0.15) is 0 Å². The van der Waals surface area contributed by atoms with Crippen LogP contribution in [-0.4, -0.2) is 319 Å². The summed E-state index contributed by atoms with van der Waals surface area (Å²) in [5.74, 6) is 0. The molecule has 0 heterocycles. The molecule has 24 nitrogen and oxygen atoms in total. The predicted octanol–water partition coefficient (Wildman–Crippen LogP) is -14.0. The van der Waals surface area contributed by atoms with Crippen LogP contribution in [0.1, 0.15) is 0 Å². The molecule has 0 aliphatic heterocycles. The van der Waals surface area contributed by atoms with Crippen molar-refractivity contribution in [2.24, 2.45) is 0 Å². The van der Waals surface area contributed by atoms with Crippen LogP contribution in [0.4, 0.5) is 0 Å². The molecule has 0 aromatic carbocycles. The average Bonchev–Trinajstić information content (AvgIpc) is 3.10. The van der Waals surface area contributed by atoms with Crippen LogP contribution in [0, 0.1) is 0 Å². The quantitative estimate of drug-likeness (QED) is 0.0220. The molecule has 0 fully saturated rings. The molecule has 0 amide bonds. The van der Waals surface area contributed by atoms with E-state index in [-0.39, 0.29) is 106 Å². The van der Waals surface area contributed by atoms with Gasteiger partial charge in [-0.05, 0) is 0 Å². The summed E-state index contributed by atoms with van der Waals surface area (Å²) in [6.07, 6.45) is 0. The molecule has 0 aromatic heterocycles. The highest BCUT2D eigenvalue weighted by Crippen LogP contribution is 2.07. The lowest BCUT2D eigenvalue weighted by Crippen LogP contribution is -2.82. The van der Waals surface area contributed by atoms with Gasteiger partial charge in [-0.25, -0.2) is 0 Å². The fraction of sp³-hybridized carbons (Fsp3) is 1.00. The Morgan fingerprint density at radius 1 is 0.193 bits per heavy atom. The minimum absolute atomic E-state index is 0. The summed E-state index contributed by atoms with van der Waals surface area (Å²) < 4.78 is 1.50. The van der Waals surface area contributed by atoms with Crippen molar-refractivity contribution in [3.05, 3.63) is 0 Å². The summed E-state index contributed by atoms with van der Waals surface area (Å²) in [5.41, 5.74) is 0. The van der Waals surface area contributed by atoms with Crippen LogP contribution in [0.3, 0.4) is 0 Å². The van der Waals surface area contributed by atoms with Crippen molar-refractivity contribution in [1.29, 1.82) is 0 Å². The molecule has 0 aliphatic rings. The number of hydrogen-bond acceptors (Lipinski definition) is 20. The SMILES string of the molecule is OCC[N+](CCO)(CCO)CCO.OCC[N+](CCO)(CCO)CCO.OCC[N+](CCO)(CCO)CCO.OCC[N+](CCO)(CCO)CCO.[O-][Si]([O-])([O-])[O-]. The summed E-state index contributed by atoms with van der Waals surface area (Å²) in [7, 11) is -5.61. The number of rotatable bonds is 32. The maximum absolute atomic E-state index is 8.82. The summed E-state index contributed by atoms with van der Waals surface area (Å²) in [6.45, 7) is 7.36. The van der Waals surface area contributed by atoms with Crippen LogP contribution in [-0.2, 0) is 0 Å². The van der Waals surface area contributed by atoms with Gasteiger partial charge in [-0.3, -0.25) is 0 Å². The third-order valence-electron chi connectivity index (χ3n) is 9.19. The van der Waals surface area contributed by atoms with E-state index in [0.717, 1.165) is 0 Å². The van der Waals surface area contributed by atoms with Crippen LogP contribution in [0.25, 0.3) is 0 Å². The Morgan fingerprint density at radius 3 is 0.281 bits per heavy atom. The highest BCUT2D eigenvalue weighted by Gasteiger charge is 2.27. The molecule has 16 N–H and O–H groups in total. The molecule has 0 bridgehead atoms. The number of aliphatic hydroxyl groups excluding tert-OH is 16. The number of quaternary nitrogens is 4. The zero-order valence-electron chi connectivity index (χ0n) is 33.7. The molecular formula is C32H80N4O20Si. The number of hydrogen-bond donors (Lipinski definition) is 16. The third-order valence-corrected chi connectivity index (χ3v) is 9.19. The molecule has 0 rings (SSSR count). The van der Waals surface area contributed by atoms with Gasteiger partial charge in [0.1, 0.15) is 105 Å². The second kappa shape index (κ2) is 43.3. The van der Waals surface area contributed by atoms with Crippen molar-refractivity contribution in [1.82, 2.24) is 0 Å². The van der Waals surface area contributed by atoms with Crippen LogP contribution in [0.15, 0.2) is 0 Å². The zero-order valence-corrected chi connectivity index (χ0v) is 34.7. The Balaban J connectivity index is -0.000000202. The minimum atomic E-state index is -5.61. The van der Waals surface area contributed by atoms with Crippen LogP contribution in [0.2, 0.25) is 0 Å². The predicted molar refractivity (Wildman–Crippen MR) is 198 cm³/mol. The molecule has 352 valence electrons. The van der Waals surface area contributed by atoms with Gasteiger partial charge in [0.25, 0.3) is 0 Å². The van der Waals surface area contributed by atoms with Gasteiger partial charge >= 0.3 is 0 Å². The van der Waals surface area contributed by atoms with Crippen molar-refractivity contribution in [2.45, 2.75) is 0 Å². The van der Waals surface area contributed by atoms with E-state index in [9.17, 15) is 0 Å². The lowest BCUT2D eigenvalue weighted by atomic mass is 10.3. The average molecular weight is 869 g/mol. The normalized spacial score (nSPS) is 12.0. The van der Waals surface area contributed by atoms with E-state index in [1.54, 1.807) is 0 Å². The fourth-order valence-electron chi connectivity index (χ4n) is 6.08. The van der Waals surface area contributed by atoms with E-state index in [0.29, 0.717) is 123 Å². The first kappa shape index (κ1) is 65.4. The van der Waals surface area contributed by atoms with E-state index in [2.05, 4.69) is 0 Å². The highest BCUT2D eigenvalue weighted by atomic mass is 28.4. The molecule has 0 aliphatic carbocycles. The lowest BCUT2D eigenvalue weighted by molar-refractivity contribution is -0.929. The smallest absolute Gasteiger partial charge is 0.102 e. The van der Waals surface area contributed by atoms with Crippen LogP contribution >= 0.6 is 0 Å². The summed E-state index contributed by atoms with van der Waals surface area (Å²) in [6, 6.07) is 0. The van der Waals surface area contributed by atoms with E-state index in [1.807, 2.05) is 0 Å². The Bertz CT molecular complexity index is 563. The van der Waals surface area contributed by atoms with Crippen molar-refractivity contribution in [3.63, 3.8) is 0 Å². The van der Waals surface area contributed by atoms with Gasteiger partial charge in [0, 0.05) is 0 Å². The highest BCUT2D eigenvalue weighted by molar-refractivity contribution is 6.38. The van der Waals surface area contributed by atoms with E-state index >= 15 is 0 Å². The molecule has 0 atom stereocenters. The molecule has 0 aromatic rings. The molecular weight excluding hydrogens is 788 g/mol. The van der Waals surface area contributed by atoms with Crippen molar-refractivity contribution < 1.29 is 119 Å². The Morgan fingerprint density at radius 2 is 0.246 bits per heavy atom. The van der Waals surface area contributed by atoms with E-state index in [4.69, 9.17) is 101 Å². The molecule has 0 saturated carbocycles. The molecule has 0 spiro atoms. The molecule has 0 saturated heterocycles. The van der Waals surface area contributed by atoms with Gasteiger partial charge in [-0.15, -0.1) is 0 Å². The van der Waals surface area contributed by atoms with Crippen molar-refractivity contribution in [3.8, 4) is 0 Å². The molecule has 0 radical (unpaired) electrons. The Hall–Kier alpha value is -0.743. The fourth-order valence-corrected chi connectivity index (χ4v) is 6.08. The first-order valence-corrected chi connectivity index (χ1v) is 20.6. The first-order chi connectivity index (χ1) is 27.0. The third kappa shape index (κ3) is 39.2. The molecule has 0 unspecified atom stereocenters. The number of nitrogens with zero attached hydrogens (tertiary/aromatic N) is 4. The second-order valence-electron chi connectivity index (χ2n) is 13.0. The monoisotopic (exact) mass is 869 g/mol. The van der Waals surface area contributed by atoms with Crippen molar-refractivity contribution in [2.75, 3.05) is 210 Å².